The lowest BCUT2D eigenvalue weighted by molar-refractivity contribution is 0.319. The first-order valence-corrected chi connectivity index (χ1v) is 4.08. The Labute approximate surface area is 57.2 Å². The molecule has 4 heteroatoms. The summed E-state index contributed by atoms with van der Waals surface area (Å²) in [5, 5.41) is 10.9. The normalized spacial score (nSPS) is 16.3. The third kappa shape index (κ3) is 2.60. The molecule has 1 N–H and O–H groups in total. The summed E-state index contributed by atoms with van der Waals surface area (Å²) in [7, 11) is -0.985. The Morgan fingerprint density at radius 1 is 1.67 bits per heavy atom. The smallest absolute Gasteiger partial charge is 0.0783 e. The lowest BCUT2D eigenvalue weighted by Gasteiger charge is -2.13. The maximum atomic E-state index is 10.8. The second kappa shape index (κ2) is 2.96. The van der Waals surface area contributed by atoms with Gasteiger partial charge in [0.15, 0.2) is 0 Å². The molecule has 0 aromatic rings. The first kappa shape index (κ1) is 8.62. The van der Waals surface area contributed by atoms with Gasteiger partial charge < -0.3 is 5.21 Å². The molecule has 9 heavy (non-hydrogen) atoms. The van der Waals surface area contributed by atoms with Crippen LogP contribution in [0, 0.1) is 0 Å². The van der Waals surface area contributed by atoms with Gasteiger partial charge in [-0.15, -0.1) is 5.16 Å². The fourth-order valence-electron chi connectivity index (χ4n) is 0.213. The second-order valence-electron chi connectivity index (χ2n) is 2.30. The van der Waals surface area contributed by atoms with Crippen LogP contribution in [0.5, 0.6) is 0 Å². The largest absolute Gasteiger partial charge is 0.411 e. The monoisotopic (exact) mass is 149 g/mol. The molecule has 54 valence electrons. The van der Waals surface area contributed by atoms with E-state index in [0.29, 0.717) is 0 Å². The highest BCUT2D eigenvalue weighted by molar-refractivity contribution is 7.86. The maximum Gasteiger partial charge on any atom is 0.0783 e. The molecule has 0 aliphatic heterocycles. The van der Waals surface area contributed by atoms with E-state index >= 15 is 0 Å². The fraction of sp³-hybridized carbons (Fsp3) is 0.800. The first-order chi connectivity index (χ1) is 4.00. The summed E-state index contributed by atoms with van der Waals surface area (Å²) in [5.74, 6) is 0. The van der Waals surface area contributed by atoms with Crippen molar-refractivity contribution in [3.05, 3.63) is 0 Å². The third-order valence-corrected chi connectivity index (χ3v) is 2.70. The highest BCUT2D eigenvalue weighted by Gasteiger charge is 2.19. The molecule has 0 aromatic heterocycles. The van der Waals surface area contributed by atoms with Crippen LogP contribution in [-0.4, -0.2) is 26.6 Å². The molecular formula is C5H11NO2S. The van der Waals surface area contributed by atoms with E-state index in [-0.39, 0.29) is 0 Å². The summed E-state index contributed by atoms with van der Waals surface area (Å²) in [6, 6.07) is 0. The zero-order chi connectivity index (χ0) is 7.49. The lowest BCUT2D eigenvalue weighted by atomic mass is 10.2. The number of oxime groups is 1. The molecule has 1 atom stereocenters. The van der Waals surface area contributed by atoms with E-state index < -0.39 is 15.5 Å². The van der Waals surface area contributed by atoms with Gasteiger partial charge in [-0.25, -0.2) is 0 Å². The highest BCUT2D eigenvalue weighted by Crippen LogP contribution is 2.06. The molecule has 0 heterocycles. The topological polar surface area (TPSA) is 49.7 Å². The van der Waals surface area contributed by atoms with Crippen molar-refractivity contribution in [3.63, 3.8) is 0 Å². The molecule has 0 fully saturated rings. The summed E-state index contributed by atoms with van der Waals surface area (Å²) in [5.41, 5.74) is 0. The average Bonchev–Trinajstić information content (AvgIpc) is 1.65. The minimum atomic E-state index is -0.985. The van der Waals surface area contributed by atoms with Crippen molar-refractivity contribution in [2.24, 2.45) is 5.16 Å². The molecule has 0 aliphatic carbocycles. The zero-order valence-corrected chi connectivity index (χ0v) is 6.60. The lowest BCUT2D eigenvalue weighted by Crippen LogP contribution is -2.27. The zero-order valence-electron chi connectivity index (χ0n) is 5.79. The van der Waals surface area contributed by atoms with Crippen molar-refractivity contribution in [3.8, 4) is 0 Å². The van der Waals surface area contributed by atoms with E-state index in [4.69, 9.17) is 5.21 Å². The van der Waals surface area contributed by atoms with Crippen LogP contribution in [0.15, 0.2) is 5.16 Å². The molecule has 0 aromatic carbocycles. The fourth-order valence-corrected chi connectivity index (χ4v) is 0.409. The molecule has 1 unspecified atom stereocenters. The van der Waals surface area contributed by atoms with Gasteiger partial charge in [-0.05, 0) is 13.8 Å². The van der Waals surface area contributed by atoms with E-state index in [9.17, 15) is 4.21 Å². The molecule has 3 nitrogen and oxygen atoms in total. The standard InChI is InChI=1S/C5H11NO2S/c1-5(2,4-6-7)9(3)8/h4,7H,1-3H3. The van der Waals surface area contributed by atoms with Gasteiger partial charge in [0.1, 0.15) is 0 Å². The molecule has 0 aliphatic rings. The highest BCUT2D eigenvalue weighted by atomic mass is 32.2. The van der Waals surface area contributed by atoms with Gasteiger partial charge >= 0.3 is 0 Å². The van der Waals surface area contributed by atoms with Crippen molar-refractivity contribution in [1.29, 1.82) is 0 Å². The summed E-state index contributed by atoms with van der Waals surface area (Å²) < 4.78 is 10.2. The van der Waals surface area contributed by atoms with E-state index in [1.807, 2.05) is 0 Å². The van der Waals surface area contributed by atoms with Crippen molar-refractivity contribution >= 4 is 17.0 Å². The summed E-state index contributed by atoms with van der Waals surface area (Å²) >= 11 is 0. The Balaban J connectivity index is 4.19. The van der Waals surface area contributed by atoms with Crippen LogP contribution >= 0.6 is 0 Å². The SMILES string of the molecule is CS(=O)C(C)(C)C=NO. The summed E-state index contributed by atoms with van der Waals surface area (Å²) in [6.07, 6.45) is 2.84. The minimum Gasteiger partial charge on any atom is -0.411 e. The molecule has 0 amide bonds. The maximum absolute atomic E-state index is 10.8. The van der Waals surface area contributed by atoms with Gasteiger partial charge in [0.05, 0.1) is 11.0 Å². The molecule has 0 saturated heterocycles. The second-order valence-corrected chi connectivity index (χ2v) is 4.26. The van der Waals surface area contributed by atoms with Gasteiger partial charge in [0.25, 0.3) is 0 Å². The molecule has 0 radical (unpaired) electrons. The van der Waals surface area contributed by atoms with Gasteiger partial charge in [0.2, 0.25) is 0 Å². The molecular weight excluding hydrogens is 138 g/mol. The van der Waals surface area contributed by atoms with Crippen LogP contribution in [0.1, 0.15) is 13.8 Å². The van der Waals surface area contributed by atoms with Gasteiger partial charge in [0, 0.05) is 17.1 Å². The summed E-state index contributed by atoms with van der Waals surface area (Å²) in [6.45, 7) is 3.48. The molecule has 0 bridgehead atoms. The van der Waals surface area contributed by atoms with E-state index in [1.165, 1.54) is 6.21 Å². The van der Waals surface area contributed by atoms with Crippen molar-refractivity contribution in [2.45, 2.75) is 18.6 Å². The predicted molar refractivity (Wildman–Crippen MR) is 38.4 cm³/mol. The van der Waals surface area contributed by atoms with Crippen LogP contribution in [0.2, 0.25) is 0 Å². The van der Waals surface area contributed by atoms with Crippen LogP contribution in [0.3, 0.4) is 0 Å². The predicted octanol–water partition coefficient (Wildman–Crippen LogP) is 0.604. The van der Waals surface area contributed by atoms with Crippen LogP contribution in [0.4, 0.5) is 0 Å². The number of hydrogen-bond donors (Lipinski definition) is 1. The average molecular weight is 149 g/mol. The van der Waals surface area contributed by atoms with Crippen LogP contribution in [-0.2, 0) is 10.8 Å². The van der Waals surface area contributed by atoms with Gasteiger partial charge in [-0.2, -0.15) is 0 Å². The quantitative estimate of drug-likeness (QED) is 0.355. The van der Waals surface area contributed by atoms with Gasteiger partial charge in [-0.1, -0.05) is 0 Å². The third-order valence-electron chi connectivity index (χ3n) is 1.11. The molecule has 0 spiro atoms. The molecule has 0 saturated carbocycles. The Bertz CT molecular complexity index is 142. The summed E-state index contributed by atoms with van der Waals surface area (Å²) in [4.78, 5) is 0. The van der Waals surface area contributed by atoms with Gasteiger partial charge in [-0.3, -0.25) is 4.21 Å². The number of nitrogens with zero attached hydrogens (tertiary/aromatic N) is 1. The van der Waals surface area contributed by atoms with Crippen molar-refractivity contribution in [1.82, 2.24) is 0 Å². The Kier molecular flexibility index (Phi) is 2.84. The first-order valence-electron chi connectivity index (χ1n) is 2.53. The number of hydrogen-bond acceptors (Lipinski definition) is 3. The van der Waals surface area contributed by atoms with E-state index in [2.05, 4.69) is 5.16 Å². The molecule has 0 rings (SSSR count). The van der Waals surface area contributed by atoms with Crippen molar-refractivity contribution in [2.75, 3.05) is 6.26 Å². The van der Waals surface area contributed by atoms with Crippen LogP contribution in [0.25, 0.3) is 0 Å². The Hall–Kier alpha value is -0.380. The Morgan fingerprint density at radius 3 is 2.22 bits per heavy atom. The van der Waals surface area contributed by atoms with Crippen molar-refractivity contribution < 1.29 is 9.42 Å². The van der Waals surface area contributed by atoms with E-state index in [0.717, 1.165) is 0 Å². The van der Waals surface area contributed by atoms with Crippen LogP contribution < -0.4 is 0 Å². The minimum absolute atomic E-state index is 0.519. The number of rotatable bonds is 2. The van der Waals surface area contributed by atoms with E-state index in [1.54, 1.807) is 20.1 Å². The Morgan fingerprint density at radius 2 is 2.11 bits per heavy atom.